The van der Waals surface area contributed by atoms with Crippen LogP contribution in [0.2, 0.25) is 0 Å². The van der Waals surface area contributed by atoms with Gasteiger partial charge in [-0.25, -0.2) is 4.79 Å². The van der Waals surface area contributed by atoms with Crippen LogP contribution in [0.5, 0.6) is 11.5 Å². The maximum Gasteiger partial charge on any atom is 0.411 e. The number of benzene rings is 2. The predicted octanol–water partition coefficient (Wildman–Crippen LogP) is 3.62. The van der Waals surface area contributed by atoms with Crippen molar-refractivity contribution in [3.63, 3.8) is 0 Å². The molecule has 2 rings (SSSR count). The Morgan fingerprint density at radius 2 is 1.77 bits per heavy atom. The molecule has 0 saturated carbocycles. The molecule has 0 aliphatic heterocycles. The van der Waals surface area contributed by atoms with Crippen molar-refractivity contribution in [1.82, 2.24) is 10.6 Å². The molecule has 0 saturated heterocycles. The largest absolute Gasteiger partial charge is 0.497 e. The van der Waals surface area contributed by atoms with Crippen LogP contribution < -0.4 is 25.4 Å². The van der Waals surface area contributed by atoms with E-state index in [-0.39, 0.29) is 30.1 Å². The Kier molecular flexibility index (Phi) is 11.4. The first-order valence-electron chi connectivity index (χ1n) is 9.23. The molecule has 164 valence electrons. The molecule has 0 aliphatic carbocycles. The van der Waals surface area contributed by atoms with Gasteiger partial charge >= 0.3 is 6.09 Å². The van der Waals surface area contributed by atoms with E-state index < -0.39 is 6.09 Å². The molecule has 1 amide bonds. The molecule has 30 heavy (non-hydrogen) atoms. The van der Waals surface area contributed by atoms with Crippen molar-refractivity contribution in [3.8, 4) is 11.5 Å². The lowest BCUT2D eigenvalue weighted by atomic mass is 10.2. The van der Waals surface area contributed by atoms with Crippen LogP contribution in [0.25, 0.3) is 0 Å². The average molecular weight is 528 g/mol. The van der Waals surface area contributed by atoms with Gasteiger partial charge in [0, 0.05) is 25.3 Å². The maximum atomic E-state index is 11.2. The summed E-state index contributed by atoms with van der Waals surface area (Å²) in [4.78, 5) is 15.4. The Morgan fingerprint density at radius 3 is 2.40 bits per heavy atom. The summed E-state index contributed by atoms with van der Waals surface area (Å²) in [5.41, 5.74) is 1.72. The zero-order chi connectivity index (χ0) is 21.1. The quantitative estimate of drug-likeness (QED) is 0.276. The van der Waals surface area contributed by atoms with E-state index in [0.717, 1.165) is 17.1 Å². The molecule has 9 heteroatoms. The van der Waals surface area contributed by atoms with E-state index in [9.17, 15) is 4.79 Å². The Hall–Kier alpha value is -2.69. The fraction of sp³-hybridized carbons (Fsp3) is 0.333. The predicted molar refractivity (Wildman–Crippen MR) is 129 cm³/mol. The number of anilines is 1. The van der Waals surface area contributed by atoms with E-state index in [1.807, 2.05) is 55.5 Å². The van der Waals surface area contributed by atoms with E-state index in [0.29, 0.717) is 24.7 Å². The third-order valence-corrected chi connectivity index (χ3v) is 4.00. The topological polar surface area (TPSA) is 93.2 Å². The van der Waals surface area contributed by atoms with Gasteiger partial charge in [0.2, 0.25) is 0 Å². The summed E-state index contributed by atoms with van der Waals surface area (Å²) in [6, 6.07) is 15.0. The van der Waals surface area contributed by atoms with E-state index >= 15 is 0 Å². The van der Waals surface area contributed by atoms with Crippen molar-refractivity contribution in [3.05, 3.63) is 54.1 Å². The van der Waals surface area contributed by atoms with E-state index in [4.69, 9.17) is 9.47 Å². The van der Waals surface area contributed by atoms with Gasteiger partial charge in [-0.15, -0.1) is 24.0 Å². The van der Waals surface area contributed by atoms with Crippen LogP contribution in [-0.4, -0.2) is 46.0 Å². The van der Waals surface area contributed by atoms with Crippen LogP contribution in [0.4, 0.5) is 10.5 Å². The summed E-state index contributed by atoms with van der Waals surface area (Å²) in [6.45, 7) is 3.15. The minimum Gasteiger partial charge on any atom is -0.497 e. The van der Waals surface area contributed by atoms with Crippen LogP contribution in [0.15, 0.2) is 53.5 Å². The lowest BCUT2D eigenvalue weighted by Crippen LogP contribution is -2.41. The van der Waals surface area contributed by atoms with E-state index in [2.05, 4.69) is 25.7 Å². The van der Waals surface area contributed by atoms with Gasteiger partial charge in [0.1, 0.15) is 17.6 Å². The highest BCUT2D eigenvalue weighted by molar-refractivity contribution is 14.0. The Bertz CT molecular complexity index is 815. The fourth-order valence-corrected chi connectivity index (χ4v) is 2.47. The number of rotatable bonds is 8. The van der Waals surface area contributed by atoms with Gasteiger partial charge in [-0.05, 0) is 36.8 Å². The molecule has 0 aliphatic rings. The van der Waals surface area contributed by atoms with E-state index in [1.165, 1.54) is 7.11 Å². The fourth-order valence-electron chi connectivity index (χ4n) is 2.47. The molecule has 0 bridgehead atoms. The number of nitrogens with zero attached hydrogens (tertiary/aromatic N) is 1. The molecule has 0 radical (unpaired) electrons. The van der Waals surface area contributed by atoms with Gasteiger partial charge < -0.3 is 24.8 Å². The van der Waals surface area contributed by atoms with Gasteiger partial charge in [-0.2, -0.15) is 0 Å². The van der Waals surface area contributed by atoms with Crippen molar-refractivity contribution in [2.75, 3.05) is 33.1 Å². The first-order valence-corrected chi connectivity index (χ1v) is 9.23. The number of nitrogens with one attached hydrogen (secondary N) is 3. The Labute approximate surface area is 194 Å². The van der Waals surface area contributed by atoms with Crippen LogP contribution in [-0.2, 0) is 11.3 Å². The second-order valence-corrected chi connectivity index (χ2v) is 6.23. The zero-order valence-electron chi connectivity index (χ0n) is 17.6. The highest BCUT2D eigenvalue weighted by Crippen LogP contribution is 2.19. The summed E-state index contributed by atoms with van der Waals surface area (Å²) < 4.78 is 15.7. The van der Waals surface area contributed by atoms with Crippen molar-refractivity contribution < 1.29 is 19.0 Å². The maximum absolute atomic E-state index is 11.2. The highest BCUT2D eigenvalue weighted by Gasteiger charge is 2.07. The highest BCUT2D eigenvalue weighted by atomic mass is 127. The molecule has 8 nitrogen and oxygen atoms in total. The van der Waals surface area contributed by atoms with Crippen molar-refractivity contribution in [2.24, 2.45) is 4.99 Å². The van der Waals surface area contributed by atoms with Gasteiger partial charge in [-0.1, -0.05) is 18.2 Å². The number of methoxy groups -OCH3 is 2. The Morgan fingerprint density at radius 1 is 1.07 bits per heavy atom. The van der Waals surface area contributed by atoms with Gasteiger partial charge in [0.05, 0.1) is 20.8 Å². The van der Waals surface area contributed by atoms with Crippen molar-refractivity contribution in [2.45, 2.75) is 19.6 Å². The number of amides is 1. The number of carbonyl (C=O) groups excluding carboxylic acids is 1. The van der Waals surface area contributed by atoms with Gasteiger partial charge in [0.15, 0.2) is 5.96 Å². The summed E-state index contributed by atoms with van der Waals surface area (Å²) in [7, 11) is 4.67. The minimum atomic E-state index is -0.495. The summed E-state index contributed by atoms with van der Waals surface area (Å²) in [6.07, 6.45) is -0.560. The van der Waals surface area contributed by atoms with Crippen LogP contribution in [0.3, 0.4) is 0 Å². The van der Waals surface area contributed by atoms with Crippen molar-refractivity contribution in [1.29, 1.82) is 0 Å². The molecule has 2 aromatic rings. The molecule has 2 aromatic carbocycles. The van der Waals surface area contributed by atoms with Crippen molar-refractivity contribution >= 4 is 41.7 Å². The molecule has 0 spiro atoms. The number of hydrogen-bond acceptors (Lipinski definition) is 5. The van der Waals surface area contributed by atoms with Gasteiger partial charge in [-0.3, -0.25) is 10.3 Å². The number of ether oxygens (including phenoxy) is 3. The standard InChI is InChI=1S/C21H28N4O4.HI/c1-15(29-19-7-5-6-18(12-19)27-3)13-23-20(22-2)24-14-16-8-10-17(11-9-16)25-21(26)28-4;/h5-12,15H,13-14H2,1-4H3,(H,25,26)(H2,22,23,24);1H. The molecule has 1 unspecified atom stereocenters. The first-order chi connectivity index (χ1) is 14.0. The second-order valence-electron chi connectivity index (χ2n) is 6.23. The van der Waals surface area contributed by atoms with Gasteiger partial charge in [0.25, 0.3) is 0 Å². The lowest BCUT2D eigenvalue weighted by Gasteiger charge is -2.18. The summed E-state index contributed by atoms with van der Waals surface area (Å²) in [5, 5.41) is 9.10. The third kappa shape index (κ3) is 8.76. The molecule has 3 N–H and O–H groups in total. The normalized spacial score (nSPS) is 11.5. The third-order valence-electron chi connectivity index (χ3n) is 4.00. The van der Waals surface area contributed by atoms with Crippen LogP contribution >= 0.6 is 24.0 Å². The first kappa shape index (κ1) is 25.3. The lowest BCUT2D eigenvalue weighted by molar-refractivity contribution is 0.187. The second kappa shape index (κ2) is 13.5. The minimum absolute atomic E-state index is 0. The van der Waals surface area contributed by atoms with Crippen LogP contribution in [0, 0.1) is 0 Å². The van der Waals surface area contributed by atoms with E-state index in [1.54, 1.807) is 14.2 Å². The Balaban J connectivity index is 0.00000450. The molecule has 0 aromatic heterocycles. The average Bonchev–Trinajstić information content (AvgIpc) is 2.75. The smallest absolute Gasteiger partial charge is 0.411 e. The molecule has 0 heterocycles. The SMILES string of the molecule is CN=C(NCc1ccc(NC(=O)OC)cc1)NCC(C)Oc1cccc(OC)c1.I. The summed E-state index contributed by atoms with van der Waals surface area (Å²) >= 11 is 0. The summed E-state index contributed by atoms with van der Waals surface area (Å²) in [5.74, 6) is 2.18. The number of guanidine groups is 1. The number of aliphatic imine (C=N–C) groups is 1. The molecular formula is C21H29IN4O4. The number of carbonyl (C=O) groups is 1. The number of halogens is 1. The van der Waals surface area contributed by atoms with Crippen LogP contribution in [0.1, 0.15) is 12.5 Å². The molecule has 1 atom stereocenters. The zero-order valence-corrected chi connectivity index (χ0v) is 19.9. The monoisotopic (exact) mass is 528 g/mol. The number of hydrogen-bond donors (Lipinski definition) is 3. The molecular weight excluding hydrogens is 499 g/mol. The molecule has 0 fully saturated rings.